The zero-order valence-corrected chi connectivity index (χ0v) is 29.0. The van der Waals surface area contributed by atoms with Crippen LogP contribution in [0.15, 0.2) is 0 Å². The van der Waals surface area contributed by atoms with Crippen LogP contribution in [-0.2, 0) is 19.1 Å². The molecule has 0 amide bonds. The van der Waals surface area contributed by atoms with Crippen LogP contribution in [0.3, 0.4) is 0 Å². The molecule has 0 unspecified atom stereocenters. The fraction of sp³-hybridized carbons (Fsp3) is 0.947. The molecule has 0 saturated carbocycles. The van der Waals surface area contributed by atoms with Crippen LogP contribution in [0.1, 0.15) is 207 Å². The van der Waals surface area contributed by atoms with Gasteiger partial charge in [-0.15, -0.1) is 0 Å². The first-order valence-electron chi connectivity index (χ1n) is 18.8. The van der Waals surface area contributed by atoms with Crippen LogP contribution in [0.25, 0.3) is 0 Å². The van der Waals surface area contributed by atoms with Gasteiger partial charge in [0.1, 0.15) is 0 Å². The van der Waals surface area contributed by atoms with E-state index >= 15 is 0 Å². The summed E-state index contributed by atoms with van der Waals surface area (Å²) in [4.78, 5) is 23.6. The van der Waals surface area contributed by atoms with Gasteiger partial charge >= 0.3 is 11.9 Å². The van der Waals surface area contributed by atoms with E-state index in [1.54, 1.807) is 0 Å². The molecule has 4 nitrogen and oxygen atoms in total. The van der Waals surface area contributed by atoms with Gasteiger partial charge in [-0.3, -0.25) is 0 Å². The molecule has 0 N–H and O–H groups in total. The minimum Gasteiger partial charge on any atom is -0.457 e. The SMILES string of the molecule is CC(C)CCCCCCCCCCCCCCCOC(=O)C(=O)OCCCCCCCCCCCCCCCC(C)C. The Morgan fingerprint density at radius 1 is 0.333 bits per heavy atom. The van der Waals surface area contributed by atoms with Gasteiger partial charge < -0.3 is 9.47 Å². The number of hydrogen-bond donors (Lipinski definition) is 0. The number of hydrogen-bond acceptors (Lipinski definition) is 4. The minimum absolute atomic E-state index is 0.323. The predicted molar refractivity (Wildman–Crippen MR) is 181 cm³/mol. The highest BCUT2D eigenvalue weighted by Gasteiger charge is 2.16. The molecule has 0 fully saturated rings. The zero-order chi connectivity index (χ0) is 30.9. The quantitative estimate of drug-likeness (QED) is 0.0441. The molecule has 0 rings (SSSR count). The van der Waals surface area contributed by atoms with Gasteiger partial charge in [-0.1, -0.05) is 195 Å². The van der Waals surface area contributed by atoms with E-state index in [9.17, 15) is 9.59 Å². The van der Waals surface area contributed by atoms with Crippen molar-refractivity contribution in [1.82, 2.24) is 0 Å². The van der Waals surface area contributed by atoms with E-state index in [0.717, 1.165) is 37.5 Å². The van der Waals surface area contributed by atoms with Crippen LogP contribution in [-0.4, -0.2) is 25.2 Å². The molecule has 42 heavy (non-hydrogen) atoms. The standard InChI is InChI=1S/C38H74O4/c1-35(2)31-27-23-19-15-11-7-5-9-13-17-21-25-29-33-41-37(39)38(40)42-34-30-26-22-18-14-10-6-8-12-16-20-24-28-32-36(3)4/h35-36H,5-34H2,1-4H3. The van der Waals surface area contributed by atoms with Crippen molar-refractivity contribution in [2.24, 2.45) is 11.8 Å². The van der Waals surface area contributed by atoms with Gasteiger partial charge in [0, 0.05) is 0 Å². The molecule has 0 atom stereocenters. The molecule has 0 aliphatic heterocycles. The number of carbonyl (C=O) groups is 2. The molecule has 0 saturated heterocycles. The highest BCUT2D eigenvalue weighted by atomic mass is 16.6. The second kappa shape index (κ2) is 32.8. The van der Waals surface area contributed by atoms with Crippen molar-refractivity contribution < 1.29 is 19.1 Å². The van der Waals surface area contributed by atoms with Crippen molar-refractivity contribution in [3.63, 3.8) is 0 Å². The Hall–Kier alpha value is -1.06. The van der Waals surface area contributed by atoms with Gasteiger partial charge in [0.25, 0.3) is 0 Å². The smallest absolute Gasteiger partial charge is 0.417 e. The van der Waals surface area contributed by atoms with Gasteiger partial charge in [0.05, 0.1) is 13.2 Å². The summed E-state index contributed by atoms with van der Waals surface area (Å²) in [7, 11) is 0. The van der Waals surface area contributed by atoms with E-state index in [2.05, 4.69) is 27.7 Å². The normalized spacial score (nSPS) is 11.5. The average Bonchev–Trinajstić information content (AvgIpc) is 2.96. The third-order valence-electron chi connectivity index (χ3n) is 8.48. The highest BCUT2D eigenvalue weighted by Crippen LogP contribution is 2.16. The molecule has 0 bridgehead atoms. The molecule has 0 spiro atoms. The molecular weight excluding hydrogens is 520 g/mol. The molecule has 0 aromatic rings. The Morgan fingerprint density at radius 2 is 0.524 bits per heavy atom. The van der Waals surface area contributed by atoms with E-state index in [-0.39, 0.29) is 0 Å². The maximum absolute atomic E-state index is 11.8. The van der Waals surface area contributed by atoms with Crippen molar-refractivity contribution in [2.75, 3.05) is 13.2 Å². The van der Waals surface area contributed by atoms with Gasteiger partial charge in [0.15, 0.2) is 0 Å². The number of esters is 2. The molecular formula is C38H74O4. The van der Waals surface area contributed by atoms with Crippen molar-refractivity contribution in [3.05, 3.63) is 0 Å². The van der Waals surface area contributed by atoms with E-state index in [0.29, 0.717) is 13.2 Å². The lowest BCUT2D eigenvalue weighted by molar-refractivity contribution is -0.167. The lowest BCUT2D eigenvalue weighted by Crippen LogP contribution is -2.21. The number of unbranched alkanes of at least 4 members (excludes halogenated alkanes) is 24. The predicted octanol–water partition coefficient (Wildman–Crippen LogP) is 12.3. The maximum Gasteiger partial charge on any atom is 0.417 e. The summed E-state index contributed by atoms with van der Waals surface area (Å²) >= 11 is 0. The van der Waals surface area contributed by atoms with Crippen molar-refractivity contribution in [3.8, 4) is 0 Å². The maximum atomic E-state index is 11.8. The fourth-order valence-corrected chi connectivity index (χ4v) is 5.65. The second-order valence-electron chi connectivity index (χ2n) is 13.8. The van der Waals surface area contributed by atoms with Crippen LogP contribution in [0.2, 0.25) is 0 Å². The Morgan fingerprint density at radius 3 is 0.738 bits per heavy atom. The van der Waals surface area contributed by atoms with E-state index in [1.807, 2.05) is 0 Å². The Kier molecular flexibility index (Phi) is 32.0. The lowest BCUT2D eigenvalue weighted by atomic mass is 10.0. The molecule has 250 valence electrons. The number of carbonyl (C=O) groups excluding carboxylic acids is 2. The summed E-state index contributed by atoms with van der Waals surface area (Å²) < 4.78 is 10.2. The highest BCUT2D eigenvalue weighted by molar-refractivity contribution is 6.29. The third-order valence-corrected chi connectivity index (χ3v) is 8.48. The fourth-order valence-electron chi connectivity index (χ4n) is 5.65. The number of ether oxygens (including phenoxy) is 2. The summed E-state index contributed by atoms with van der Waals surface area (Å²) in [6, 6.07) is 0. The molecule has 0 aliphatic carbocycles. The summed E-state index contributed by atoms with van der Waals surface area (Å²) in [5, 5.41) is 0. The van der Waals surface area contributed by atoms with Gasteiger partial charge in [0.2, 0.25) is 0 Å². The van der Waals surface area contributed by atoms with Gasteiger partial charge in [-0.05, 0) is 24.7 Å². The molecule has 0 aliphatic rings. The van der Waals surface area contributed by atoms with E-state index in [4.69, 9.17) is 9.47 Å². The monoisotopic (exact) mass is 595 g/mol. The largest absolute Gasteiger partial charge is 0.457 e. The summed E-state index contributed by atoms with van der Waals surface area (Å²) in [6.45, 7) is 9.91. The van der Waals surface area contributed by atoms with Crippen LogP contribution in [0.4, 0.5) is 0 Å². The van der Waals surface area contributed by atoms with E-state index < -0.39 is 11.9 Å². The van der Waals surface area contributed by atoms with Crippen molar-refractivity contribution >= 4 is 11.9 Å². The molecule has 0 aromatic heterocycles. The Bertz CT molecular complexity index is 521. The topological polar surface area (TPSA) is 52.6 Å². The first-order chi connectivity index (χ1) is 20.4. The summed E-state index contributed by atoms with van der Waals surface area (Å²) in [5.41, 5.74) is 0. The summed E-state index contributed by atoms with van der Waals surface area (Å²) in [6.07, 6.45) is 36.2. The van der Waals surface area contributed by atoms with Crippen molar-refractivity contribution in [2.45, 2.75) is 207 Å². The average molecular weight is 595 g/mol. The minimum atomic E-state index is -0.828. The van der Waals surface area contributed by atoms with Gasteiger partial charge in [-0.25, -0.2) is 9.59 Å². The van der Waals surface area contributed by atoms with Crippen LogP contribution in [0.5, 0.6) is 0 Å². The van der Waals surface area contributed by atoms with Crippen LogP contribution in [0, 0.1) is 11.8 Å². The lowest BCUT2D eigenvalue weighted by Gasteiger charge is -2.06. The Balaban J connectivity index is 3.28. The zero-order valence-electron chi connectivity index (χ0n) is 29.0. The van der Waals surface area contributed by atoms with E-state index in [1.165, 1.54) is 154 Å². The first-order valence-corrected chi connectivity index (χ1v) is 18.8. The van der Waals surface area contributed by atoms with Crippen LogP contribution < -0.4 is 0 Å². The molecule has 4 heteroatoms. The molecule has 0 radical (unpaired) electrons. The molecule has 0 heterocycles. The second-order valence-corrected chi connectivity index (χ2v) is 13.8. The van der Waals surface area contributed by atoms with Crippen molar-refractivity contribution in [1.29, 1.82) is 0 Å². The van der Waals surface area contributed by atoms with Crippen LogP contribution >= 0.6 is 0 Å². The number of rotatable bonds is 32. The summed E-state index contributed by atoms with van der Waals surface area (Å²) in [5.74, 6) is 0.0504. The van der Waals surface area contributed by atoms with Gasteiger partial charge in [-0.2, -0.15) is 0 Å². The molecule has 0 aromatic carbocycles. The third kappa shape index (κ3) is 33.4. The first kappa shape index (κ1) is 40.9. The Labute approximate surface area is 263 Å².